The summed E-state index contributed by atoms with van der Waals surface area (Å²) in [5.74, 6) is 0. The average molecular weight is 306 g/mol. The largest absolute Gasteiger partial charge is 0.387 e. The molecule has 3 heteroatoms. The van der Waals surface area contributed by atoms with E-state index in [2.05, 4.69) is 46.3 Å². The van der Waals surface area contributed by atoms with Gasteiger partial charge in [0.1, 0.15) is 0 Å². The minimum absolute atomic E-state index is 0.462. The summed E-state index contributed by atoms with van der Waals surface area (Å²) >= 11 is 0. The lowest BCUT2D eigenvalue weighted by Crippen LogP contribution is -2.34. The van der Waals surface area contributed by atoms with Crippen molar-refractivity contribution in [3.8, 4) is 0 Å². The van der Waals surface area contributed by atoms with E-state index in [1.165, 1.54) is 11.1 Å². The molecule has 0 bridgehead atoms. The molecule has 0 saturated heterocycles. The molecule has 0 saturated carbocycles. The SMILES string of the molecule is Cc1[nH]c2ccccc2c1[C@H](O)CN1CCc2ccccc2C1. The topological polar surface area (TPSA) is 39.3 Å². The zero-order valence-electron chi connectivity index (χ0n) is 13.4. The Balaban J connectivity index is 1.56. The van der Waals surface area contributed by atoms with Crippen LogP contribution in [0, 0.1) is 6.92 Å². The van der Waals surface area contributed by atoms with Crippen LogP contribution in [0.1, 0.15) is 28.5 Å². The number of aliphatic hydroxyl groups excluding tert-OH is 1. The van der Waals surface area contributed by atoms with Crippen molar-refractivity contribution in [1.29, 1.82) is 0 Å². The van der Waals surface area contributed by atoms with Crippen LogP contribution in [0.4, 0.5) is 0 Å². The van der Waals surface area contributed by atoms with Crippen molar-refractivity contribution in [2.24, 2.45) is 0 Å². The van der Waals surface area contributed by atoms with Crippen molar-refractivity contribution in [3.05, 3.63) is 70.9 Å². The first kappa shape index (κ1) is 14.5. The molecule has 2 N–H and O–H groups in total. The van der Waals surface area contributed by atoms with Gasteiger partial charge in [-0.05, 0) is 30.5 Å². The standard InChI is InChI=1S/C20H22N2O/c1-14-20(17-8-4-5-9-18(17)21-14)19(23)13-22-11-10-15-6-2-3-7-16(15)12-22/h2-9,19,21,23H,10-13H2,1H3/t19-/m1/s1. The Labute approximate surface area is 136 Å². The van der Waals surface area contributed by atoms with E-state index >= 15 is 0 Å². The van der Waals surface area contributed by atoms with E-state index in [4.69, 9.17) is 0 Å². The van der Waals surface area contributed by atoms with Crippen LogP contribution in [0.15, 0.2) is 48.5 Å². The second kappa shape index (κ2) is 5.84. The van der Waals surface area contributed by atoms with Gasteiger partial charge in [0.25, 0.3) is 0 Å². The van der Waals surface area contributed by atoms with Crippen LogP contribution in [0.2, 0.25) is 0 Å². The maximum absolute atomic E-state index is 10.8. The van der Waals surface area contributed by atoms with Gasteiger partial charge in [-0.3, -0.25) is 4.90 Å². The molecule has 1 aliphatic heterocycles. The molecule has 3 nitrogen and oxygen atoms in total. The van der Waals surface area contributed by atoms with E-state index < -0.39 is 6.10 Å². The average Bonchev–Trinajstić information content (AvgIpc) is 2.90. The van der Waals surface area contributed by atoms with Crippen LogP contribution in [0.5, 0.6) is 0 Å². The Morgan fingerprint density at radius 1 is 1.09 bits per heavy atom. The number of para-hydroxylation sites is 1. The number of aromatic nitrogens is 1. The molecule has 4 rings (SSSR count). The minimum atomic E-state index is -0.462. The van der Waals surface area contributed by atoms with Gasteiger partial charge in [-0.15, -0.1) is 0 Å². The lowest BCUT2D eigenvalue weighted by Gasteiger charge is -2.30. The summed E-state index contributed by atoms with van der Waals surface area (Å²) in [4.78, 5) is 5.74. The number of H-pyrrole nitrogens is 1. The third kappa shape index (κ3) is 2.67. The molecule has 1 atom stereocenters. The number of aryl methyl sites for hydroxylation is 1. The van der Waals surface area contributed by atoms with Crippen LogP contribution >= 0.6 is 0 Å². The number of hydrogen-bond acceptors (Lipinski definition) is 2. The molecule has 0 radical (unpaired) electrons. The van der Waals surface area contributed by atoms with Crippen LogP contribution in [0.3, 0.4) is 0 Å². The minimum Gasteiger partial charge on any atom is -0.387 e. The number of benzene rings is 2. The first-order valence-corrected chi connectivity index (χ1v) is 8.27. The van der Waals surface area contributed by atoms with E-state index in [1.54, 1.807) is 0 Å². The van der Waals surface area contributed by atoms with Crippen molar-refractivity contribution in [3.63, 3.8) is 0 Å². The van der Waals surface area contributed by atoms with Crippen molar-refractivity contribution in [2.75, 3.05) is 13.1 Å². The number of rotatable bonds is 3. The van der Waals surface area contributed by atoms with Gasteiger partial charge < -0.3 is 10.1 Å². The number of nitrogens with zero attached hydrogens (tertiary/aromatic N) is 1. The molecular formula is C20H22N2O. The smallest absolute Gasteiger partial charge is 0.0940 e. The second-order valence-electron chi connectivity index (χ2n) is 6.48. The van der Waals surface area contributed by atoms with E-state index in [1.807, 2.05) is 19.1 Å². The molecule has 1 aliphatic rings. The highest BCUT2D eigenvalue weighted by Crippen LogP contribution is 2.29. The van der Waals surface area contributed by atoms with E-state index in [0.29, 0.717) is 6.54 Å². The molecule has 0 unspecified atom stereocenters. The fourth-order valence-corrected chi connectivity index (χ4v) is 3.77. The molecule has 0 fully saturated rings. The van der Waals surface area contributed by atoms with Crippen molar-refractivity contribution < 1.29 is 5.11 Å². The number of aliphatic hydroxyl groups is 1. The van der Waals surface area contributed by atoms with Crippen LogP contribution in [-0.2, 0) is 13.0 Å². The third-order valence-corrected chi connectivity index (χ3v) is 4.92. The first-order chi connectivity index (χ1) is 11.2. The Kier molecular flexibility index (Phi) is 3.68. The first-order valence-electron chi connectivity index (χ1n) is 8.27. The van der Waals surface area contributed by atoms with E-state index in [0.717, 1.165) is 41.7 Å². The number of hydrogen-bond donors (Lipinski definition) is 2. The zero-order valence-corrected chi connectivity index (χ0v) is 13.4. The normalized spacial score (nSPS) is 16.4. The monoisotopic (exact) mass is 306 g/mol. The summed E-state index contributed by atoms with van der Waals surface area (Å²) in [5, 5.41) is 12.0. The fraction of sp³-hybridized carbons (Fsp3) is 0.300. The quantitative estimate of drug-likeness (QED) is 0.776. The van der Waals surface area contributed by atoms with E-state index in [9.17, 15) is 5.11 Å². The lowest BCUT2D eigenvalue weighted by molar-refractivity contribution is 0.106. The number of β-amino-alcohol motifs (C(OH)–C–C–N with tert-alkyl or cyclic N) is 1. The Bertz CT molecular complexity index is 837. The summed E-state index contributed by atoms with van der Waals surface area (Å²) in [5.41, 5.74) is 6.04. The second-order valence-corrected chi connectivity index (χ2v) is 6.48. The predicted octanol–water partition coefficient (Wildman–Crippen LogP) is 3.57. The molecule has 1 aromatic heterocycles. The van der Waals surface area contributed by atoms with Gasteiger partial charge in [-0.1, -0.05) is 42.5 Å². The third-order valence-electron chi connectivity index (χ3n) is 4.92. The van der Waals surface area contributed by atoms with Crippen LogP contribution in [0.25, 0.3) is 10.9 Å². The summed E-state index contributed by atoms with van der Waals surface area (Å²) in [6.45, 7) is 4.66. The van der Waals surface area contributed by atoms with Crippen molar-refractivity contribution >= 4 is 10.9 Å². The molecule has 3 aromatic rings. The number of nitrogens with one attached hydrogen (secondary N) is 1. The molecule has 0 spiro atoms. The Morgan fingerprint density at radius 2 is 1.83 bits per heavy atom. The molecule has 118 valence electrons. The van der Waals surface area contributed by atoms with Gasteiger partial charge in [-0.25, -0.2) is 0 Å². The predicted molar refractivity (Wildman–Crippen MR) is 93.4 cm³/mol. The summed E-state index contributed by atoms with van der Waals surface area (Å²) in [6.07, 6.45) is 0.604. The van der Waals surface area contributed by atoms with Crippen molar-refractivity contribution in [1.82, 2.24) is 9.88 Å². The van der Waals surface area contributed by atoms with Gasteiger partial charge in [0.05, 0.1) is 6.10 Å². The molecular weight excluding hydrogens is 284 g/mol. The number of fused-ring (bicyclic) bond motifs is 2. The summed E-state index contributed by atoms with van der Waals surface area (Å²) in [7, 11) is 0. The van der Waals surface area contributed by atoms with E-state index in [-0.39, 0.29) is 0 Å². The number of aromatic amines is 1. The van der Waals surface area contributed by atoms with Crippen LogP contribution < -0.4 is 0 Å². The van der Waals surface area contributed by atoms with Gasteiger partial charge in [0.15, 0.2) is 0 Å². The molecule has 23 heavy (non-hydrogen) atoms. The molecule has 2 aromatic carbocycles. The molecule has 2 heterocycles. The molecule has 0 amide bonds. The maximum Gasteiger partial charge on any atom is 0.0940 e. The highest BCUT2D eigenvalue weighted by Gasteiger charge is 2.22. The maximum atomic E-state index is 10.8. The van der Waals surface area contributed by atoms with Crippen LogP contribution in [-0.4, -0.2) is 28.1 Å². The lowest BCUT2D eigenvalue weighted by atomic mass is 9.98. The molecule has 0 aliphatic carbocycles. The fourth-order valence-electron chi connectivity index (χ4n) is 3.77. The van der Waals surface area contributed by atoms with Gasteiger partial charge >= 0.3 is 0 Å². The van der Waals surface area contributed by atoms with Gasteiger partial charge in [0, 0.05) is 41.8 Å². The zero-order chi connectivity index (χ0) is 15.8. The Morgan fingerprint density at radius 3 is 2.70 bits per heavy atom. The summed E-state index contributed by atoms with van der Waals surface area (Å²) < 4.78 is 0. The van der Waals surface area contributed by atoms with Gasteiger partial charge in [0.2, 0.25) is 0 Å². The highest BCUT2D eigenvalue weighted by molar-refractivity contribution is 5.84. The van der Waals surface area contributed by atoms with Gasteiger partial charge in [-0.2, -0.15) is 0 Å². The Hall–Kier alpha value is -2.10. The summed E-state index contributed by atoms with van der Waals surface area (Å²) in [6, 6.07) is 16.8. The van der Waals surface area contributed by atoms with Crippen molar-refractivity contribution in [2.45, 2.75) is 26.0 Å². The highest BCUT2D eigenvalue weighted by atomic mass is 16.3.